The Hall–Kier alpha value is -1.84. The fourth-order valence-corrected chi connectivity index (χ4v) is 1.67. The normalized spacial score (nSPS) is 13.5. The molecule has 0 aromatic heterocycles. The summed E-state index contributed by atoms with van der Waals surface area (Å²) in [7, 11) is 0. The lowest BCUT2D eigenvalue weighted by Crippen LogP contribution is -2.55. The van der Waals surface area contributed by atoms with E-state index in [2.05, 4.69) is 10.6 Å². The standard InChI is InChI=1S/C14H20N2O2/c1-4-14(3,16-11(2)17)13(18)15-10-12-8-6-5-7-9-12/h5-9H,4,10H2,1-3H3,(H,15,18)(H,16,17). The van der Waals surface area contributed by atoms with Gasteiger partial charge in [-0.05, 0) is 18.9 Å². The van der Waals surface area contributed by atoms with Crippen molar-refractivity contribution >= 4 is 11.8 Å². The first kappa shape index (κ1) is 14.2. The first-order valence-electron chi connectivity index (χ1n) is 6.09. The average molecular weight is 248 g/mol. The SMILES string of the molecule is CCC(C)(NC(C)=O)C(=O)NCc1ccccc1. The van der Waals surface area contributed by atoms with Crippen molar-refractivity contribution in [3.8, 4) is 0 Å². The van der Waals surface area contributed by atoms with Crippen LogP contribution in [0.1, 0.15) is 32.8 Å². The van der Waals surface area contributed by atoms with E-state index in [9.17, 15) is 9.59 Å². The van der Waals surface area contributed by atoms with E-state index in [-0.39, 0.29) is 11.8 Å². The first-order chi connectivity index (χ1) is 8.48. The topological polar surface area (TPSA) is 58.2 Å². The molecule has 2 N–H and O–H groups in total. The molecule has 0 saturated carbocycles. The predicted molar refractivity (Wildman–Crippen MR) is 70.8 cm³/mol. The van der Waals surface area contributed by atoms with E-state index in [1.54, 1.807) is 6.92 Å². The van der Waals surface area contributed by atoms with E-state index in [4.69, 9.17) is 0 Å². The molecular weight excluding hydrogens is 228 g/mol. The van der Waals surface area contributed by atoms with Crippen LogP contribution in [-0.4, -0.2) is 17.4 Å². The Labute approximate surface area is 108 Å². The second-order valence-electron chi connectivity index (χ2n) is 4.54. The van der Waals surface area contributed by atoms with E-state index in [1.165, 1.54) is 6.92 Å². The molecule has 4 heteroatoms. The molecule has 0 saturated heterocycles. The van der Waals surface area contributed by atoms with E-state index >= 15 is 0 Å². The van der Waals surface area contributed by atoms with Crippen molar-refractivity contribution in [2.45, 2.75) is 39.3 Å². The Bertz CT molecular complexity index is 417. The van der Waals surface area contributed by atoms with Crippen molar-refractivity contribution in [3.63, 3.8) is 0 Å². The van der Waals surface area contributed by atoms with Crippen molar-refractivity contribution in [1.82, 2.24) is 10.6 Å². The highest BCUT2D eigenvalue weighted by atomic mass is 16.2. The Morgan fingerprint density at radius 2 is 1.83 bits per heavy atom. The third-order valence-corrected chi connectivity index (χ3v) is 2.96. The summed E-state index contributed by atoms with van der Waals surface area (Å²) in [4.78, 5) is 23.2. The van der Waals surface area contributed by atoms with Gasteiger partial charge in [0.05, 0.1) is 0 Å². The highest BCUT2D eigenvalue weighted by Gasteiger charge is 2.31. The van der Waals surface area contributed by atoms with Gasteiger partial charge in [0.1, 0.15) is 5.54 Å². The van der Waals surface area contributed by atoms with Crippen LogP contribution in [0.4, 0.5) is 0 Å². The Kier molecular flexibility index (Phi) is 4.89. The lowest BCUT2D eigenvalue weighted by atomic mass is 9.97. The van der Waals surface area contributed by atoms with Gasteiger partial charge >= 0.3 is 0 Å². The minimum atomic E-state index is -0.847. The largest absolute Gasteiger partial charge is 0.350 e. The maximum Gasteiger partial charge on any atom is 0.245 e. The summed E-state index contributed by atoms with van der Waals surface area (Å²) in [6.45, 7) is 5.49. The third kappa shape index (κ3) is 3.87. The van der Waals surface area contributed by atoms with Crippen LogP contribution in [0.5, 0.6) is 0 Å². The number of amides is 2. The lowest BCUT2D eigenvalue weighted by molar-refractivity contribution is -0.132. The van der Waals surface area contributed by atoms with Gasteiger partial charge < -0.3 is 10.6 Å². The molecule has 18 heavy (non-hydrogen) atoms. The molecule has 0 aliphatic rings. The molecule has 0 spiro atoms. The van der Waals surface area contributed by atoms with Gasteiger partial charge in [-0.15, -0.1) is 0 Å². The molecule has 0 bridgehead atoms. The van der Waals surface area contributed by atoms with Crippen LogP contribution in [0, 0.1) is 0 Å². The van der Waals surface area contributed by atoms with Crippen LogP contribution >= 0.6 is 0 Å². The smallest absolute Gasteiger partial charge is 0.245 e. The number of benzene rings is 1. The van der Waals surface area contributed by atoms with Crippen molar-refractivity contribution in [2.75, 3.05) is 0 Å². The van der Waals surface area contributed by atoms with Gasteiger partial charge in [-0.2, -0.15) is 0 Å². The summed E-state index contributed by atoms with van der Waals surface area (Å²) in [6, 6.07) is 9.67. The van der Waals surface area contributed by atoms with Crippen molar-refractivity contribution in [2.24, 2.45) is 0 Å². The maximum atomic E-state index is 12.1. The van der Waals surface area contributed by atoms with Gasteiger partial charge in [0.15, 0.2) is 0 Å². The number of hydrogen-bond acceptors (Lipinski definition) is 2. The molecular formula is C14H20N2O2. The number of hydrogen-bond donors (Lipinski definition) is 2. The van der Waals surface area contributed by atoms with E-state index in [0.717, 1.165) is 5.56 Å². The predicted octanol–water partition coefficient (Wildman–Crippen LogP) is 1.61. The average Bonchev–Trinajstić information content (AvgIpc) is 2.36. The zero-order valence-corrected chi connectivity index (χ0v) is 11.1. The van der Waals surface area contributed by atoms with E-state index in [1.807, 2.05) is 37.3 Å². The Morgan fingerprint density at radius 1 is 1.22 bits per heavy atom. The summed E-state index contributed by atoms with van der Waals surface area (Å²) in [5.74, 6) is -0.363. The Morgan fingerprint density at radius 3 is 2.33 bits per heavy atom. The maximum absolute atomic E-state index is 12.1. The summed E-state index contributed by atoms with van der Waals surface area (Å²) in [5.41, 5.74) is 0.188. The van der Waals surface area contributed by atoms with Crippen LogP contribution < -0.4 is 10.6 Å². The van der Waals surface area contributed by atoms with E-state index in [0.29, 0.717) is 13.0 Å². The molecule has 98 valence electrons. The van der Waals surface area contributed by atoms with E-state index < -0.39 is 5.54 Å². The molecule has 0 radical (unpaired) electrons. The first-order valence-corrected chi connectivity index (χ1v) is 6.09. The molecule has 1 atom stereocenters. The zero-order chi connectivity index (χ0) is 13.6. The molecule has 1 rings (SSSR count). The minimum absolute atomic E-state index is 0.163. The van der Waals surface area contributed by atoms with Crippen LogP contribution in [-0.2, 0) is 16.1 Å². The van der Waals surface area contributed by atoms with Gasteiger partial charge in [-0.25, -0.2) is 0 Å². The molecule has 0 heterocycles. The highest BCUT2D eigenvalue weighted by molar-refractivity contribution is 5.90. The van der Waals surface area contributed by atoms with Crippen LogP contribution in [0.3, 0.4) is 0 Å². The summed E-state index contributed by atoms with van der Waals surface area (Å²) >= 11 is 0. The molecule has 1 unspecified atom stereocenters. The highest BCUT2D eigenvalue weighted by Crippen LogP contribution is 2.10. The Balaban J connectivity index is 2.60. The summed E-state index contributed by atoms with van der Waals surface area (Å²) < 4.78 is 0. The van der Waals surface area contributed by atoms with Crippen molar-refractivity contribution in [3.05, 3.63) is 35.9 Å². The second kappa shape index (κ2) is 6.19. The van der Waals surface area contributed by atoms with Gasteiger partial charge in [-0.3, -0.25) is 9.59 Å². The number of carbonyl (C=O) groups is 2. The monoisotopic (exact) mass is 248 g/mol. The zero-order valence-electron chi connectivity index (χ0n) is 11.1. The molecule has 0 fully saturated rings. The molecule has 0 aliphatic carbocycles. The molecule has 1 aromatic rings. The third-order valence-electron chi connectivity index (χ3n) is 2.96. The fraction of sp³-hybridized carbons (Fsp3) is 0.429. The number of nitrogens with one attached hydrogen (secondary N) is 2. The van der Waals surface area contributed by atoms with Gasteiger partial charge in [0.2, 0.25) is 11.8 Å². The second-order valence-corrected chi connectivity index (χ2v) is 4.54. The number of carbonyl (C=O) groups excluding carboxylic acids is 2. The number of rotatable bonds is 5. The van der Waals surface area contributed by atoms with Gasteiger partial charge in [-0.1, -0.05) is 37.3 Å². The van der Waals surface area contributed by atoms with Crippen LogP contribution in [0.25, 0.3) is 0 Å². The molecule has 2 amide bonds. The lowest BCUT2D eigenvalue weighted by Gasteiger charge is -2.27. The minimum Gasteiger partial charge on any atom is -0.350 e. The molecule has 4 nitrogen and oxygen atoms in total. The quantitative estimate of drug-likeness (QED) is 0.831. The van der Waals surface area contributed by atoms with Crippen molar-refractivity contribution in [1.29, 1.82) is 0 Å². The summed E-state index contributed by atoms with van der Waals surface area (Å²) in [6.07, 6.45) is 0.549. The van der Waals surface area contributed by atoms with Gasteiger partial charge in [0, 0.05) is 13.5 Å². The molecule has 0 aliphatic heterocycles. The van der Waals surface area contributed by atoms with Crippen LogP contribution in [0.15, 0.2) is 30.3 Å². The molecule has 1 aromatic carbocycles. The van der Waals surface area contributed by atoms with Crippen LogP contribution in [0.2, 0.25) is 0 Å². The van der Waals surface area contributed by atoms with Gasteiger partial charge in [0.25, 0.3) is 0 Å². The fourth-order valence-electron chi connectivity index (χ4n) is 1.67. The van der Waals surface area contributed by atoms with Crippen molar-refractivity contribution < 1.29 is 9.59 Å². The summed E-state index contributed by atoms with van der Waals surface area (Å²) in [5, 5.41) is 5.53.